The number of benzene rings is 1. The maximum absolute atomic E-state index is 5.32. The number of furan rings is 1. The molecular formula is C13H14BrNO. The van der Waals surface area contributed by atoms with Crippen molar-refractivity contribution in [3.05, 3.63) is 58.5 Å². The zero-order valence-corrected chi connectivity index (χ0v) is 10.8. The maximum atomic E-state index is 5.32. The molecule has 16 heavy (non-hydrogen) atoms. The predicted molar refractivity (Wildman–Crippen MR) is 68.0 cm³/mol. The molecule has 2 nitrogen and oxygen atoms in total. The van der Waals surface area contributed by atoms with E-state index in [-0.39, 0.29) is 0 Å². The fraction of sp³-hybridized carbons (Fsp3) is 0.231. The molecule has 1 aromatic carbocycles. The van der Waals surface area contributed by atoms with Gasteiger partial charge in [0, 0.05) is 11.0 Å². The Hall–Kier alpha value is -1.06. The Morgan fingerprint density at radius 3 is 2.62 bits per heavy atom. The average Bonchev–Trinajstić information content (AvgIpc) is 2.74. The highest BCUT2D eigenvalue weighted by molar-refractivity contribution is 9.10. The molecule has 0 bridgehead atoms. The van der Waals surface area contributed by atoms with Gasteiger partial charge in [0.15, 0.2) is 0 Å². The van der Waals surface area contributed by atoms with E-state index in [0.29, 0.717) is 0 Å². The normalized spacial score (nSPS) is 10.9. The minimum absolute atomic E-state index is 0.828. The molecular weight excluding hydrogens is 266 g/mol. The Kier molecular flexibility index (Phi) is 3.80. The first kappa shape index (κ1) is 11.4. The number of halogens is 1. The van der Waals surface area contributed by atoms with Crippen LogP contribution >= 0.6 is 15.9 Å². The quantitative estimate of drug-likeness (QED) is 0.849. The van der Waals surface area contributed by atoms with E-state index < -0.39 is 0 Å². The van der Waals surface area contributed by atoms with Gasteiger partial charge in [0.2, 0.25) is 0 Å². The third kappa shape index (κ3) is 2.97. The standard InChI is InChI=1S/C13H14BrNO/c1-15(10-12-6-4-8-16-12)9-11-5-2-3-7-13(11)14/h2-8H,9-10H2,1H3. The van der Waals surface area contributed by atoms with Crippen molar-refractivity contribution in [2.45, 2.75) is 13.1 Å². The molecule has 0 amide bonds. The summed E-state index contributed by atoms with van der Waals surface area (Å²) in [7, 11) is 2.09. The zero-order valence-electron chi connectivity index (χ0n) is 9.19. The lowest BCUT2D eigenvalue weighted by atomic mass is 10.2. The minimum Gasteiger partial charge on any atom is -0.468 e. The van der Waals surface area contributed by atoms with Crippen molar-refractivity contribution in [3.63, 3.8) is 0 Å². The van der Waals surface area contributed by atoms with Gasteiger partial charge < -0.3 is 4.42 Å². The Bertz CT molecular complexity index is 439. The monoisotopic (exact) mass is 279 g/mol. The molecule has 1 aromatic heterocycles. The van der Waals surface area contributed by atoms with Crippen molar-refractivity contribution in [3.8, 4) is 0 Å². The number of nitrogens with zero attached hydrogens (tertiary/aromatic N) is 1. The summed E-state index contributed by atoms with van der Waals surface area (Å²) in [5.74, 6) is 0.995. The molecule has 0 radical (unpaired) electrons. The third-order valence-electron chi connectivity index (χ3n) is 2.40. The average molecular weight is 280 g/mol. The lowest BCUT2D eigenvalue weighted by molar-refractivity contribution is 0.287. The van der Waals surface area contributed by atoms with Crippen LogP contribution in [0, 0.1) is 0 Å². The van der Waals surface area contributed by atoms with Crippen LogP contribution in [0.1, 0.15) is 11.3 Å². The molecule has 1 heterocycles. The van der Waals surface area contributed by atoms with Gasteiger partial charge in [-0.3, -0.25) is 4.90 Å². The molecule has 84 valence electrons. The zero-order chi connectivity index (χ0) is 11.4. The minimum atomic E-state index is 0.828. The molecule has 0 fully saturated rings. The molecule has 0 atom stereocenters. The van der Waals surface area contributed by atoms with E-state index in [0.717, 1.165) is 23.3 Å². The molecule has 3 heteroatoms. The summed E-state index contributed by atoms with van der Waals surface area (Å²) in [5, 5.41) is 0. The van der Waals surface area contributed by atoms with Crippen molar-refractivity contribution in [2.24, 2.45) is 0 Å². The summed E-state index contributed by atoms with van der Waals surface area (Å²) in [6.07, 6.45) is 1.71. The Morgan fingerprint density at radius 1 is 1.12 bits per heavy atom. The van der Waals surface area contributed by atoms with E-state index in [1.54, 1.807) is 6.26 Å². The molecule has 0 aliphatic rings. The van der Waals surface area contributed by atoms with Gasteiger partial charge in [-0.1, -0.05) is 34.1 Å². The van der Waals surface area contributed by atoms with E-state index >= 15 is 0 Å². The van der Waals surface area contributed by atoms with Gasteiger partial charge in [-0.15, -0.1) is 0 Å². The van der Waals surface area contributed by atoms with Crippen LogP contribution in [0.15, 0.2) is 51.6 Å². The van der Waals surface area contributed by atoms with Crippen molar-refractivity contribution in [1.82, 2.24) is 4.90 Å². The molecule has 0 unspecified atom stereocenters. The van der Waals surface area contributed by atoms with E-state index in [1.165, 1.54) is 5.56 Å². The second-order valence-corrected chi connectivity index (χ2v) is 4.70. The van der Waals surface area contributed by atoms with Gasteiger partial charge in [-0.2, -0.15) is 0 Å². The molecule has 2 aromatic rings. The first-order valence-corrected chi connectivity index (χ1v) is 5.99. The smallest absolute Gasteiger partial charge is 0.117 e. The highest BCUT2D eigenvalue weighted by Crippen LogP contribution is 2.18. The largest absolute Gasteiger partial charge is 0.468 e. The maximum Gasteiger partial charge on any atom is 0.117 e. The van der Waals surface area contributed by atoms with Crippen molar-refractivity contribution in [1.29, 1.82) is 0 Å². The molecule has 0 N–H and O–H groups in total. The Morgan fingerprint density at radius 2 is 1.94 bits per heavy atom. The summed E-state index contributed by atoms with van der Waals surface area (Å²) in [5.41, 5.74) is 1.29. The second-order valence-electron chi connectivity index (χ2n) is 3.84. The molecule has 0 spiro atoms. The molecule has 0 saturated carbocycles. The van der Waals surface area contributed by atoms with E-state index in [1.807, 2.05) is 18.2 Å². The van der Waals surface area contributed by atoms with Gasteiger partial charge in [0.25, 0.3) is 0 Å². The first-order valence-electron chi connectivity index (χ1n) is 5.20. The summed E-state index contributed by atoms with van der Waals surface area (Å²) in [6, 6.07) is 12.2. The van der Waals surface area contributed by atoms with Gasteiger partial charge in [0.05, 0.1) is 12.8 Å². The van der Waals surface area contributed by atoms with Gasteiger partial charge in [-0.25, -0.2) is 0 Å². The lowest BCUT2D eigenvalue weighted by Crippen LogP contribution is -2.17. The molecule has 2 rings (SSSR count). The number of hydrogen-bond donors (Lipinski definition) is 0. The highest BCUT2D eigenvalue weighted by Gasteiger charge is 2.05. The van der Waals surface area contributed by atoms with Crippen LogP contribution in [-0.2, 0) is 13.1 Å². The highest BCUT2D eigenvalue weighted by atomic mass is 79.9. The van der Waals surface area contributed by atoms with E-state index in [9.17, 15) is 0 Å². The summed E-state index contributed by atoms with van der Waals surface area (Å²) in [6.45, 7) is 1.73. The van der Waals surface area contributed by atoms with E-state index in [4.69, 9.17) is 4.42 Å². The van der Waals surface area contributed by atoms with Gasteiger partial charge in [-0.05, 0) is 30.8 Å². The van der Waals surface area contributed by atoms with Crippen molar-refractivity contribution in [2.75, 3.05) is 7.05 Å². The van der Waals surface area contributed by atoms with Gasteiger partial charge >= 0.3 is 0 Å². The van der Waals surface area contributed by atoms with Crippen LogP contribution in [0.5, 0.6) is 0 Å². The fourth-order valence-corrected chi connectivity index (χ4v) is 2.05. The molecule has 0 aliphatic carbocycles. The number of hydrogen-bond acceptors (Lipinski definition) is 2. The van der Waals surface area contributed by atoms with Crippen LogP contribution in [0.25, 0.3) is 0 Å². The Labute approximate surface area is 104 Å². The van der Waals surface area contributed by atoms with Gasteiger partial charge in [0.1, 0.15) is 5.76 Å². The van der Waals surface area contributed by atoms with E-state index in [2.05, 4.69) is 46.1 Å². The summed E-state index contributed by atoms with van der Waals surface area (Å²) < 4.78 is 6.47. The third-order valence-corrected chi connectivity index (χ3v) is 3.18. The SMILES string of the molecule is CN(Cc1ccco1)Cc1ccccc1Br. The predicted octanol–water partition coefficient (Wildman–Crippen LogP) is 3.67. The van der Waals surface area contributed by atoms with Crippen molar-refractivity contribution >= 4 is 15.9 Å². The fourth-order valence-electron chi connectivity index (χ4n) is 1.64. The topological polar surface area (TPSA) is 16.4 Å². The summed E-state index contributed by atoms with van der Waals surface area (Å²) in [4.78, 5) is 2.22. The van der Waals surface area contributed by atoms with Crippen LogP contribution in [0.2, 0.25) is 0 Å². The lowest BCUT2D eigenvalue weighted by Gasteiger charge is -2.16. The first-order chi connectivity index (χ1) is 7.75. The van der Waals surface area contributed by atoms with Crippen molar-refractivity contribution < 1.29 is 4.42 Å². The van der Waals surface area contributed by atoms with Crippen LogP contribution in [0.4, 0.5) is 0 Å². The molecule has 0 saturated heterocycles. The second kappa shape index (κ2) is 5.32. The Balaban J connectivity index is 1.97. The van der Waals surface area contributed by atoms with Crippen LogP contribution < -0.4 is 0 Å². The van der Waals surface area contributed by atoms with Crippen LogP contribution in [-0.4, -0.2) is 11.9 Å². The molecule has 0 aliphatic heterocycles. The van der Waals surface area contributed by atoms with Crippen LogP contribution in [0.3, 0.4) is 0 Å². The summed E-state index contributed by atoms with van der Waals surface area (Å²) >= 11 is 3.55. The number of rotatable bonds is 4.